The van der Waals surface area contributed by atoms with Crippen molar-refractivity contribution >= 4 is 17.5 Å². The van der Waals surface area contributed by atoms with Gasteiger partial charge in [-0.3, -0.25) is 4.79 Å². The largest absolute Gasteiger partial charge is 0.507 e. The van der Waals surface area contributed by atoms with Crippen molar-refractivity contribution in [2.75, 3.05) is 19.0 Å². The van der Waals surface area contributed by atoms with Gasteiger partial charge in [-0.15, -0.1) is 0 Å². The molecule has 2 aromatic rings. The summed E-state index contributed by atoms with van der Waals surface area (Å²) < 4.78 is 6.08. The Labute approximate surface area is 193 Å². The van der Waals surface area contributed by atoms with Crippen molar-refractivity contribution in [1.82, 2.24) is 0 Å². The van der Waals surface area contributed by atoms with Crippen molar-refractivity contribution in [2.45, 2.75) is 72.1 Å². The second-order valence-electron chi connectivity index (χ2n) is 9.50. The maximum Gasteiger partial charge on any atom is 0.185 e. The van der Waals surface area contributed by atoms with Crippen LogP contribution >= 0.6 is 0 Å². The third-order valence-electron chi connectivity index (χ3n) is 6.66. The summed E-state index contributed by atoms with van der Waals surface area (Å²) >= 11 is 0. The second-order valence-corrected chi connectivity index (χ2v) is 9.50. The highest BCUT2D eigenvalue weighted by atomic mass is 16.5. The molecule has 0 fully saturated rings. The molecule has 0 aliphatic heterocycles. The van der Waals surface area contributed by atoms with Crippen molar-refractivity contribution in [3.8, 4) is 11.5 Å². The number of hydrogen-bond acceptors (Lipinski definition) is 4. The van der Waals surface area contributed by atoms with Gasteiger partial charge in [-0.2, -0.15) is 0 Å². The molecule has 0 atom stereocenters. The van der Waals surface area contributed by atoms with E-state index in [-0.39, 0.29) is 22.4 Å². The van der Waals surface area contributed by atoms with Gasteiger partial charge in [0.25, 0.3) is 0 Å². The van der Waals surface area contributed by atoms with E-state index in [1.165, 1.54) is 6.08 Å². The van der Waals surface area contributed by atoms with E-state index >= 15 is 0 Å². The predicted octanol–water partition coefficient (Wildman–Crippen LogP) is 7.10. The Morgan fingerprint density at radius 2 is 1.56 bits per heavy atom. The number of phenolic OH excluding ortho intramolecular Hbond substituents is 1. The van der Waals surface area contributed by atoms with Crippen LogP contribution in [0, 0.1) is 0 Å². The molecule has 0 saturated heterocycles. The number of allylic oxidation sites excluding steroid dienone is 1. The summed E-state index contributed by atoms with van der Waals surface area (Å²) in [4.78, 5) is 12.8. The third kappa shape index (κ3) is 5.35. The van der Waals surface area contributed by atoms with E-state index < -0.39 is 0 Å². The highest BCUT2D eigenvalue weighted by Crippen LogP contribution is 2.47. The molecule has 4 nitrogen and oxygen atoms in total. The smallest absolute Gasteiger partial charge is 0.185 e. The van der Waals surface area contributed by atoms with Crippen molar-refractivity contribution in [3.63, 3.8) is 0 Å². The van der Waals surface area contributed by atoms with Crippen LogP contribution in [0.1, 0.15) is 88.4 Å². The zero-order valence-electron chi connectivity index (χ0n) is 20.9. The van der Waals surface area contributed by atoms with Gasteiger partial charge in [0.2, 0.25) is 0 Å². The molecule has 174 valence electrons. The summed E-state index contributed by atoms with van der Waals surface area (Å²) in [5.41, 5.74) is 3.68. The lowest BCUT2D eigenvalue weighted by Gasteiger charge is -2.32. The molecule has 0 heterocycles. The number of anilines is 1. The molecule has 0 bridgehead atoms. The van der Waals surface area contributed by atoms with Crippen LogP contribution in [0.5, 0.6) is 11.5 Å². The predicted molar refractivity (Wildman–Crippen MR) is 135 cm³/mol. The molecule has 0 radical (unpaired) electrons. The van der Waals surface area contributed by atoms with Crippen molar-refractivity contribution in [2.24, 2.45) is 0 Å². The van der Waals surface area contributed by atoms with Crippen LogP contribution in [0.25, 0.3) is 6.08 Å². The number of phenols is 1. The minimum Gasteiger partial charge on any atom is -0.507 e. The van der Waals surface area contributed by atoms with Gasteiger partial charge in [0, 0.05) is 29.4 Å². The summed E-state index contributed by atoms with van der Waals surface area (Å²) in [5.74, 6) is 0.721. The molecule has 0 aliphatic rings. The van der Waals surface area contributed by atoms with Gasteiger partial charge in [0.15, 0.2) is 5.78 Å². The van der Waals surface area contributed by atoms with Crippen molar-refractivity contribution in [1.29, 1.82) is 0 Å². The van der Waals surface area contributed by atoms with Crippen LogP contribution < -0.4 is 10.1 Å². The van der Waals surface area contributed by atoms with Crippen LogP contribution in [0.2, 0.25) is 0 Å². The fourth-order valence-electron chi connectivity index (χ4n) is 3.59. The van der Waals surface area contributed by atoms with Crippen LogP contribution in [-0.2, 0) is 10.8 Å². The Morgan fingerprint density at radius 1 is 1.00 bits per heavy atom. The zero-order chi connectivity index (χ0) is 24.1. The lowest BCUT2D eigenvalue weighted by atomic mass is 9.74. The number of nitrogens with one attached hydrogen (secondary N) is 1. The van der Waals surface area contributed by atoms with E-state index in [1.807, 2.05) is 26.1 Å². The van der Waals surface area contributed by atoms with Crippen LogP contribution in [0.3, 0.4) is 0 Å². The fraction of sp³-hybridized carbons (Fsp3) is 0.464. The molecule has 2 N–H and O–H groups in total. The molecule has 32 heavy (non-hydrogen) atoms. The van der Waals surface area contributed by atoms with E-state index in [9.17, 15) is 9.90 Å². The summed E-state index contributed by atoms with van der Waals surface area (Å²) in [6.45, 7) is 15.3. The van der Waals surface area contributed by atoms with Gasteiger partial charge in [0.1, 0.15) is 11.5 Å². The average molecular weight is 438 g/mol. The number of ketones is 1. The number of carbonyl (C=O) groups is 1. The van der Waals surface area contributed by atoms with Crippen molar-refractivity contribution in [3.05, 3.63) is 58.7 Å². The van der Waals surface area contributed by atoms with Crippen LogP contribution in [-0.4, -0.2) is 24.5 Å². The number of hydrogen-bond donors (Lipinski definition) is 2. The summed E-state index contributed by atoms with van der Waals surface area (Å²) in [6, 6.07) is 9.43. The van der Waals surface area contributed by atoms with Gasteiger partial charge in [-0.1, -0.05) is 41.5 Å². The van der Waals surface area contributed by atoms with Gasteiger partial charge >= 0.3 is 0 Å². The summed E-state index contributed by atoms with van der Waals surface area (Å²) in [7, 11) is 1.84. The standard InChI is InChI=1S/C28H39NO3/c1-9-27(4,5)22-18-23(28(6,7)10-2)26(32-11-3)21(25(22)31)16-17-24(30)19-12-14-20(29-8)15-13-19/h12-18,29,31H,9-11H2,1-8H3/b17-16+. The van der Waals surface area contributed by atoms with Crippen LogP contribution in [0.4, 0.5) is 5.69 Å². The Bertz CT molecular complexity index is 969. The first-order valence-corrected chi connectivity index (χ1v) is 11.6. The maximum atomic E-state index is 12.8. The number of carbonyl (C=O) groups excluding carboxylic acids is 1. The Hall–Kier alpha value is -2.75. The molecular formula is C28H39NO3. The Kier molecular flexibility index (Phi) is 8.17. The van der Waals surface area contributed by atoms with Gasteiger partial charge in [0.05, 0.1) is 12.2 Å². The van der Waals surface area contributed by atoms with E-state index in [0.717, 1.165) is 29.7 Å². The second kappa shape index (κ2) is 10.2. The molecule has 4 heteroatoms. The van der Waals surface area contributed by atoms with Gasteiger partial charge in [-0.05, 0) is 73.1 Å². The van der Waals surface area contributed by atoms with Crippen LogP contribution in [0.15, 0.2) is 36.4 Å². The SMILES string of the molecule is CCOc1c(C(C)(C)CC)cc(C(C)(C)CC)c(O)c1/C=C/C(=O)c1ccc(NC)cc1. The monoisotopic (exact) mass is 437 g/mol. The Morgan fingerprint density at radius 3 is 2.06 bits per heavy atom. The molecule has 0 aliphatic carbocycles. The fourth-order valence-corrected chi connectivity index (χ4v) is 3.59. The molecule has 0 aromatic heterocycles. The minimum atomic E-state index is -0.219. The first-order chi connectivity index (χ1) is 15.0. The quantitative estimate of drug-likeness (QED) is 0.307. The van der Waals surface area contributed by atoms with Crippen molar-refractivity contribution < 1.29 is 14.6 Å². The molecule has 2 aromatic carbocycles. The zero-order valence-corrected chi connectivity index (χ0v) is 20.9. The highest BCUT2D eigenvalue weighted by molar-refractivity contribution is 6.07. The summed E-state index contributed by atoms with van der Waals surface area (Å²) in [5, 5.41) is 14.4. The average Bonchev–Trinajstić information content (AvgIpc) is 2.78. The highest BCUT2D eigenvalue weighted by Gasteiger charge is 2.32. The molecule has 0 saturated carbocycles. The lowest BCUT2D eigenvalue weighted by molar-refractivity contribution is 0.104. The summed E-state index contributed by atoms with van der Waals surface area (Å²) in [6.07, 6.45) is 5.03. The number of ether oxygens (including phenoxy) is 1. The molecule has 2 rings (SSSR count). The third-order valence-corrected chi connectivity index (χ3v) is 6.66. The lowest BCUT2D eigenvalue weighted by Crippen LogP contribution is -2.22. The minimum absolute atomic E-state index is 0.119. The molecule has 0 amide bonds. The molecule has 0 spiro atoms. The Balaban J connectivity index is 2.69. The van der Waals surface area contributed by atoms with E-state index in [0.29, 0.717) is 23.5 Å². The topological polar surface area (TPSA) is 58.6 Å². The van der Waals surface area contributed by atoms with Gasteiger partial charge in [-0.25, -0.2) is 0 Å². The van der Waals surface area contributed by atoms with E-state index in [2.05, 4.69) is 52.9 Å². The number of benzene rings is 2. The first kappa shape index (κ1) is 25.5. The van der Waals surface area contributed by atoms with Gasteiger partial charge < -0.3 is 15.2 Å². The number of aromatic hydroxyl groups is 1. The normalized spacial score (nSPS) is 12.2. The number of rotatable bonds is 10. The molecular weight excluding hydrogens is 398 g/mol. The molecule has 0 unspecified atom stereocenters. The first-order valence-electron chi connectivity index (χ1n) is 11.6. The van der Waals surface area contributed by atoms with E-state index in [1.54, 1.807) is 18.2 Å². The van der Waals surface area contributed by atoms with E-state index in [4.69, 9.17) is 4.74 Å². The maximum absolute atomic E-state index is 12.8.